The van der Waals surface area contributed by atoms with Crippen molar-refractivity contribution < 1.29 is 22.7 Å². The largest absolute Gasteiger partial charge is 0.492 e. The molecule has 0 radical (unpaired) electrons. The van der Waals surface area contributed by atoms with Crippen LogP contribution in [0.4, 0.5) is 5.69 Å². The summed E-state index contributed by atoms with van der Waals surface area (Å²) in [5.74, 6) is -0.657. The van der Waals surface area contributed by atoms with Gasteiger partial charge in [-0.3, -0.25) is 13.9 Å². The summed E-state index contributed by atoms with van der Waals surface area (Å²) in [5, 5.41) is 3.69. The Balaban J connectivity index is 2.13. The second kappa shape index (κ2) is 14.3. The maximum absolute atomic E-state index is 14.3. The molecular weight excluding hydrogens is 597 g/mol. The predicted molar refractivity (Wildman–Crippen MR) is 168 cm³/mol. The van der Waals surface area contributed by atoms with E-state index in [1.807, 2.05) is 20.8 Å². The predicted octanol–water partition coefficient (Wildman–Crippen LogP) is 6.31. The first-order valence-electron chi connectivity index (χ1n) is 13.6. The third kappa shape index (κ3) is 8.40. The Labute approximate surface area is 258 Å². The number of benzene rings is 3. The molecule has 0 heterocycles. The highest BCUT2D eigenvalue weighted by molar-refractivity contribution is 7.92. The number of carbonyl (C=O) groups is 2. The van der Waals surface area contributed by atoms with Gasteiger partial charge < -0.3 is 15.0 Å². The fourth-order valence-corrected chi connectivity index (χ4v) is 6.29. The number of hydrogen-bond acceptors (Lipinski definition) is 5. The molecule has 11 heteroatoms. The molecule has 0 fully saturated rings. The molecule has 0 saturated carbocycles. The zero-order valence-corrected chi connectivity index (χ0v) is 26.8. The van der Waals surface area contributed by atoms with Crippen LogP contribution in [0.15, 0.2) is 77.7 Å². The van der Waals surface area contributed by atoms with Crippen molar-refractivity contribution in [3.8, 4) is 5.75 Å². The Hall–Kier alpha value is -3.27. The van der Waals surface area contributed by atoms with Gasteiger partial charge in [0.2, 0.25) is 11.8 Å². The average Bonchev–Trinajstić information content (AvgIpc) is 2.92. The Morgan fingerprint density at radius 2 is 1.60 bits per heavy atom. The van der Waals surface area contributed by atoms with E-state index in [2.05, 4.69) is 5.32 Å². The van der Waals surface area contributed by atoms with Crippen molar-refractivity contribution in [2.24, 2.45) is 0 Å². The number of rotatable bonds is 12. The molecule has 42 heavy (non-hydrogen) atoms. The molecule has 2 amide bonds. The minimum absolute atomic E-state index is 0.00825. The number of anilines is 1. The molecule has 0 aromatic heterocycles. The van der Waals surface area contributed by atoms with E-state index in [-0.39, 0.29) is 36.1 Å². The van der Waals surface area contributed by atoms with Crippen LogP contribution in [0.2, 0.25) is 10.0 Å². The lowest BCUT2D eigenvalue weighted by Crippen LogP contribution is -2.55. The Kier molecular flexibility index (Phi) is 11.3. The van der Waals surface area contributed by atoms with E-state index in [0.717, 1.165) is 4.31 Å². The molecule has 1 N–H and O–H groups in total. The van der Waals surface area contributed by atoms with E-state index in [0.29, 0.717) is 21.4 Å². The van der Waals surface area contributed by atoms with E-state index in [1.54, 1.807) is 74.5 Å². The van der Waals surface area contributed by atoms with E-state index in [1.165, 1.54) is 17.0 Å². The summed E-state index contributed by atoms with van der Waals surface area (Å²) < 4.78 is 34.9. The van der Waals surface area contributed by atoms with Crippen molar-refractivity contribution in [2.75, 3.05) is 17.5 Å². The van der Waals surface area contributed by atoms with Gasteiger partial charge >= 0.3 is 0 Å². The summed E-state index contributed by atoms with van der Waals surface area (Å²) in [4.78, 5) is 29.1. The van der Waals surface area contributed by atoms with Gasteiger partial charge in [0, 0.05) is 22.1 Å². The van der Waals surface area contributed by atoms with Crippen LogP contribution in [0.5, 0.6) is 5.75 Å². The van der Waals surface area contributed by atoms with E-state index in [4.69, 9.17) is 27.9 Å². The van der Waals surface area contributed by atoms with Crippen LogP contribution in [-0.2, 0) is 26.2 Å². The first-order valence-corrected chi connectivity index (χ1v) is 15.8. The number of nitrogens with zero attached hydrogens (tertiary/aromatic N) is 2. The highest BCUT2D eigenvalue weighted by Crippen LogP contribution is 2.33. The van der Waals surface area contributed by atoms with Gasteiger partial charge in [-0.1, -0.05) is 66.5 Å². The highest BCUT2D eigenvalue weighted by atomic mass is 35.5. The molecule has 0 bridgehead atoms. The van der Waals surface area contributed by atoms with Gasteiger partial charge in [-0.15, -0.1) is 0 Å². The lowest BCUT2D eigenvalue weighted by atomic mass is 10.1. The zero-order chi connectivity index (χ0) is 31.1. The molecule has 0 aliphatic rings. The molecule has 0 saturated heterocycles. The number of para-hydroxylation sites is 2. The zero-order valence-electron chi connectivity index (χ0n) is 24.4. The molecule has 0 aliphatic carbocycles. The minimum Gasteiger partial charge on any atom is -0.492 e. The van der Waals surface area contributed by atoms with Gasteiger partial charge in [-0.05, 0) is 76.1 Å². The van der Waals surface area contributed by atoms with Crippen LogP contribution < -0.4 is 14.4 Å². The minimum atomic E-state index is -4.23. The topological polar surface area (TPSA) is 96.0 Å². The van der Waals surface area contributed by atoms with Gasteiger partial charge in [0.1, 0.15) is 18.3 Å². The molecule has 8 nitrogen and oxygen atoms in total. The molecular formula is C31H37Cl2N3O5S. The Morgan fingerprint density at radius 1 is 0.952 bits per heavy atom. The lowest BCUT2D eigenvalue weighted by molar-refractivity contribution is -0.141. The van der Waals surface area contributed by atoms with Crippen LogP contribution in [-0.4, -0.2) is 49.9 Å². The number of carbonyl (C=O) groups excluding carboxylic acids is 2. The van der Waals surface area contributed by atoms with Gasteiger partial charge in [0.15, 0.2) is 0 Å². The second-order valence-electron chi connectivity index (χ2n) is 10.6. The smallest absolute Gasteiger partial charge is 0.264 e. The van der Waals surface area contributed by atoms with Gasteiger partial charge in [0.25, 0.3) is 10.0 Å². The molecule has 226 valence electrons. The number of halogens is 2. The normalized spacial score (nSPS) is 12.4. The third-order valence-corrected chi connectivity index (χ3v) is 8.64. The van der Waals surface area contributed by atoms with Crippen LogP contribution >= 0.6 is 23.2 Å². The maximum Gasteiger partial charge on any atom is 0.264 e. The fourth-order valence-electron chi connectivity index (χ4n) is 4.38. The highest BCUT2D eigenvalue weighted by Gasteiger charge is 2.35. The van der Waals surface area contributed by atoms with Crippen molar-refractivity contribution in [3.05, 3.63) is 88.4 Å². The van der Waals surface area contributed by atoms with Crippen molar-refractivity contribution in [1.82, 2.24) is 10.2 Å². The standard InChI is InChI=1S/C31H37Cl2N3O5S/c1-6-26(30(38)34-31(3,4)5)35(20-22-17-18-23(32)19-25(22)33)29(37)21-36(27-15-11-12-16-28(27)41-7-2)42(39,40)24-13-9-8-10-14-24/h8-19,26H,6-7,20-21H2,1-5H3,(H,34,38)/t26-/m0/s1. The maximum atomic E-state index is 14.3. The lowest BCUT2D eigenvalue weighted by Gasteiger charge is -2.35. The molecule has 3 aromatic carbocycles. The average molecular weight is 635 g/mol. The number of sulfonamides is 1. The summed E-state index contributed by atoms with van der Waals surface area (Å²) in [5.41, 5.74) is 0.202. The molecule has 3 rings (SSSR count). The summed E-state index contributed by atoms with van der Waals surface area (Å²) in [6.07, 6.45) is 0.278. The quantitative estimate of drug-likeness (QED) is 0.252. The van der Waals surface area contributed by atoms with E-state index >= 15 is 0 Å². The molecule has 0 unspecified atom stereocenters. The van der Waals surface area contributed by atoms with E-state index < -0.39 is 34.1 Å². The summed E-state index contributed by atoms with van der Waals surface area (Å²) in [6.45, 7) is 8.77. The van der Waals surface area contributed by atoms with Crippen molar-refractivity contribution in [3.63, 3.8) is 0 Å². The van der Waals surface area contributed by atoms with Crippen molar-refractivity contribution in [2.45, 2.75) is 64.1 Å². The number of nitrogens with one attached hydrogen (secondary N) is 1. The number of ether oxygens (including phenoxy) is 1. The first kappa shape index (κ1) is 33.2. The number of hydrogen-bond donors (Lipinski definition) is 1. The molecule has 0 aliphatic heterocycles. The van der Waals surface area contributed by atoms with Crippen molar-refractivity contribution >= 4 is 50.7 Å². The third-order valence-electron chi connectivity index (χ3n) is 6.28. The van der Waals surface area contributed by atoms with Gasteiger partial charge in [-0.2, -0.15) is 0 Å². The van der Waals surface area contributed by atoms with Crippen LogP contribution in [0.3, 0.4) is 0 Å². The first-order chi connectivity index (χ1) is 19.8. The van der Waals surface area contributed by atoms with Crippen LogP contribution in [0, 0.1) is 0 Å². The summed E-state index contributed by atoms with van der Waals surface area (Å²) >= 11 is 12.6. The van der Waals surface area contributed by atoms with Crippen LogP contribution in [0.1, 0.15) is 46.6 Å². The van der Waals surface area contributed by atoms with Gasteiger partial charge in [-0.25, -0.2) is 8.42 Å². The van der Waals surface area contributed by atoms with Crippen LogP contribution in [0.25, 0.3) is 0 Å². The Bertz CT molecular complexity index is 1490. The molecule has 3 aromatic rings. The monoisotopic (exact) mass is 633 g/mol. The second-order valence-corrected chi connectivity index (χ2v) is 13.4. The SMILES string of the molecule is CCOc1ccccc1N(CC(=O)N(Cc1ccc(Cl)cc1Cl)[C@@H](CC)C(=O)NC(C)(C)C)S(=O)(=O)c1ccccc1. The summed E-state index contributed by atoms with van der Waals surface area (Å²) in [6, 6.07) is 18.5. The molecule has 1 atom stereocenters. The van der Waals surface area contributed by atoms with Gasteiger partial charge in [0.05, 0.1) is 17.2 Å². The van der Waals surface area contributed by atoms with E-state index in [9.17, 15) is 18.0 Å². The fraction of sp³-hybridized carbons (Fsp3) is 0.355. The summed E-state index contributed by atoms with van der Waals surface area (Å²) in [7, 11) is -4.23. The Morgan fingerprint density at radius 3 is 2.19 bits per heavy atom. The number of amides is 2. The van der Waals surface area contributed by atoms with Crippen molar-refractivity contribution in [1.29, 1.82) is 0 Å². The molecule has 0 spiro atoms.